The molecule has 0 aliphatic heterocycles. The molecule has 3 N–H and O–H groups in total. The van der Waals surface area contributed by atoms with Gasteiger partial charge in [0.15, 0.2) is 5.75 Å². The average molecular weight is 378 g/mol. The van der Waals surface area contributed by atoms with Gasteiger partial charge in [0.2, 0.25) is 5.75 Å². The molecular formula is C14H22N2O8S. The van der Waals surface area contributed by atoms with E-state index >= 15 is 0 Å². The number of hydrogen-bond donors (Lipinski definition) is 3. The summed E-state index contributed by atoms with van der Waals surface area (Å²) in [6.45, 7) is 6.91. The van der Waals surface area contributed by atoms with Gasteiger partial charge < -0.3 is 19.3 Å². The molecule has 0 radical (unpaired) electrons. The van der Waals surface area contributed by atoms with E-state index < -0.39 is 38.6 Å². The summed E-state index contributed by atoms with van der Waals surface area (Å²) >= 11 is 0. The summed E-state index contributed by atoms with van der Waals surface area (Å²) in [6, 6.07) is 2.37. The number of β-amino-alcohol motifs (C(OH)–C–C–N with tert-alkyl or cyclic N) is 1. The van der Waals surface area contributed by atoms with Crippen molar-refractivity contribution < 1.29 is 31.9 Å². The first kappa shape index (κ1) is 21.1. The number of nitrogens with zero attached hydrogens (tertiary/aromatic N) is 1. The Balaban J connectivity index is 3.05. The minimum Gasteiger partial charge on any atom is -0.481 e. The van der Waals surface area contributed by atoms with Crippen LogP contribution < -0.4 is 14.2 Å². The average Bonchev–Trinajstić information content (AvgIpc) is 2.42. The predicted molar refractivity (Wildman–Crippen MR) is 89.3 cm³/mol. The first-order chi connectivity index (χ1) is 11.3. The van der Waals surface area contributed by atoms with Crippen LogP contribution in [0.1, 0.15) is 26.3 Å². The Labute approximate surface area is 145 Å². The summed E-state index contributed by atoms with van der Waals surface area (Å²) in [6.07, 6.45) is -1.02. The maximum absolute atomic E-state index is 11.2. The maximum Gasteiger partial charge on any atom is 0.446 e. The fourth-order valence-electron chi connectivity index (χ4n) is 1.86. The van der Waals surface area contributed by atoms with Crippen molar-refractivity contribution in [1.29, 1.82) is 0 Å². The van der Waals surface area contributed by atoms with Crippen LogP contribution in [0.4, 0.5) is 5.69 Å². The highest BCUT2D eigenvalue weighted by Gasteiger charge is 2.27. The van der Waals surface area contributed by atoms with Crippen molar-refractivity contribution in [2.75, 3.05) is 13.2 Å². The molecule has 0 saturated heterocycles. The number of aliphatic hydroxyl groups excluding tert-OH is 1. The highest BCUT2D eigenvalue weighted by atomic mass is 32.3. The van der Waals surface area contributed by atoms with Crippen LogP contribution in [-0.4, -0.2) is 47.8 Å². The van der Waals surface area contributed by atoms with Crippen LogP contribution in [0.15, 0.2) is 12.1 Å². The van der Waals surface area contributed by atoms with Crippen LogP contribution in [-0.2, 0) is 10.4 Å². The van der Waals surface area contributed by atoms with Gasteiger partial charge in [-0.3, -0.25) is 14.7 Å². The topological polar surface area (TPSA) is 148 Å². The van der Waals surface area contributed by atoms with E-state index in [0.29, 0.717) is 0 Å². The van der Waals surface area contributed by atoms with Crippen LogP contribution in [0.2, 0.25) is 0 Å². The SMILES string of the molecule is Cc1ccc(OS(=O)(=O)O)c(OCC(O)CNC(C)(C)C)c1[N+](=O)[O-]. The summed E-state index contributed by atoms with van der Waals surface area (Å²) < 4.78 is 40.2. The minimum absolute atomic E-state index is 0.150. The Kier molecular flexibility index (Phi) is 6.71. The molecular weight excluding hydrogens is 356 g/mol. The number of aliphatic hydroxyl groups is 1. The molecule has 0 bridgehead atoms. The third-order valence-electron chi connectivity index (χ3n) is 2.96. The predicted octanol–water partition coefficient (Wildman–Crippen LogP) is 1.21. The number of rotatable bonds is 8. The Hall–Kier alpha value is -1.95. The second-order valence-corrected chi connectivity index (χ2v) is 7.44. The van der Waals surface area contributed by atoms with Gasteiger partial charge in [-0.05, 0) is 39.8 Å². The van der Waals surface area contributed by atoms with Gasteiger partial charge in [-0.15, -0.1) is 0 Å². The number of nitro groups is 1. The van der Waals surface area contributed by atoms with Crippen LogP contribution in [0, 0.1) is 17.0 Å². The summed E-state index contributed by atoms with van der Waals surface area (Å²) in [5.41, 5.74) is -0.572. The first-order valence-corrected chi connectivity index (χ1v) is 8.67. The Morgan fingerprint density at radius 3 is 2.44 bits per heavy atom. The smallest absolute Gasteiger partial charge is 0.446 e. The quantitative estimate of drug-likeness (QED) is 0.345. The fourth-order valence-corrected chi connectivity index (χ4v) is 2.22. The van der Waals surface area contributed by atoms with Crippen LogP contribution >= 0.6 is 0 Å². The van der Waals surface area contributed by atoms with E-state index in [9.17, 15) is 23.6 Å². The Morgan fingerprint density at radius 1 is 1.36 bits per heavy atom. The van der Waals surface area contributed by atoms with Crippen molar-refractivity contribution in [2.45, 2.75) is 39.3 Å². The summed E-state index contributed by atoms with van der Waals surface area (Å²) in [5, 5.41) is 24.2. The standard InChI is InChI=1S/C14H22N2O8S/c1-9-5-6-11(24-25(20,21)22)13(12(9)16(18)19)23-8-10(17)7-15-14(2,3)4/h5-6,10,15,17H,7-8H2,1-4H3,(H,20,21,22). The largest absolute Gasteiger partial charge is 0.481 e. The fraction of sp³-hybridized carbons (Fsp3) is 0.571. The molecule has 142 valence electrons. The van der Waals surface area contributed by atoms with Gasteiger partial charge in [0, 0.05) is 17.6 Å². The van der Waals surface area contributed by atoms with Crippen molar-refractivity contribution in [2.24, 2.45) is 0 Å². The van der Waals surface area contributed by atoms with Gasteiger partial charge in [-0.25, -0.2) is 0 Å². The third-order valence-corrected chi connectivity index (χ3v) is 3.35. The molecule has 11 heteroatoms. The lowest BCUT2D eigenvalue weighted by Crippen LogP contribution is -2.42. The number of nitro benzene ring substituents is 1. The summed E-state index contributed by atoms with van der Waals surface area (Å²) in [7, 11) is -4.90. The zero-order chi connectivity index (χ0) is 19.4. The molecule has 0 aliphatic carbocycles. The van der Waals surface area contributed by atoms with Crippen molar-refractivity contribution in [3.63, 3.8) is 0 Å². The van der Waals surface area contributed by atoms with E-state index in [1.54, 1.807) is 0 Å². The lowest BCUT2D eigenvalue weighted by Gasteiger charge is -2.23. The van der Waals surface area contributed by atoms with E-state index in [4.69, 9.17) is 9.29 Å². The molecule has 1 unspecified atom stereocenters. The number of ether oxygens (including phenoxy) is 1. The van der Waals surface area contributed by atoms with E-state index in [0.717, 1.165) is 6.07 Å². The van der Waals surface area contributed by atoms with Gasteiger partial charge in [-0.1, -0.05) is 0 Å². The molecule has 1 aromatic carbocycles. The summed E-state index contributed by atoms with van der Waals surface area (Å²) in [4.78, 5) is 10.5. The molecule has 0 saturated carbocycles. The molecule has 1 atom stereocenters. The van der Waals surface area contributed by atoms with E-state index in [1.165, 1.54) is 13.0 Å². The van der Waals surface area contributed by atoms with Gasteiger partial charge in [0.25, 0.3) is 0 Å². The van der Waals surface area contributed by atoms with Gasteiger partial charge in [-0.2, -0.15) is 8.42 Å². The zero-order valence-corrected chi connectivity index (χ0v) is 15.2. The zero-order valence-electron chi connectivity index (χ0n) is 14.3. The second-order valence-electron chi connectivity index (χ2n) is 6.42. The van der Waals surface area contributed by atoms with Crippen molar-refractivity contribution in [1.82, 2.24) is 5.32 Å². The number of hydrogen-bond acceptors (Lipinski definition) is 8. The summed E-state index contributed by atoms with van der Waals surface area (Å²) in [5.74, 6) is -1.03. The Morgan fingerprint density at radius 2 is 1.96 bits per heavy atom. The van der Waals surface area contributed by atoms with Crippen LogP contribution in [0.3, 0.4) is 0 Å². The number of aryl methyl sites for hydroxylation is 1. The molecule has 1 rings (SSSR count). The van der Waals surface area contributed by atoms with Crippen LogP contribution in [0.25, 0.3) is 0 Å². The minimum atomic E-state index is -4.90. The molecule has 0 aliphatic rings. The normalized spacial score (nSPS) is 13.4. The highest BCUT2D eigenvalue weighted by Crippen LogP contribution is 2.40. The van der Waals surface area contributed by atoms with Crippen molar-refractivity contribution in [3.8, 4) is 11.5 Å². The second kappa shape index (κ2) is 7.95. The van der Waals surface area contributed by atoms with E-state index in [2.05, 4.69) is 9.50 Å². The molecule has 1 aromatic rings. The lowest BCUT2D eigenvalue weighted by molar-refractivity contribution is -0.386. The maximum atomic E-state index is 11.2. The van der Waals surface area contributed by atoms with E-state index in [-0.39, 0.29) is 24.3 Å². The molecule has 0 amide bonds. The molecule has 0 aromatic heterocycles. The Bertz CT molecular complexity index is 727. The molecule has 0 spiro atoms. The molecule has 10 nitrogen and oxygen atoms in total. The number of nitrogens with one attached hydrogen (secondary N) is 1. The molecule has 25 heavy (non-hydrogen) atoms. The number of benzene rings is 1. The van der Waals surface area contributed by atoms with Gasteiger partial charge in [0.05, 0.1) is 4.92 Å². The molecule has 0 fully saturated rings. The molecule has 0 heterocycles. The van der Waals surface area contributed by atoms with Gasteiger partial charge in [0.1, 0.15) is 12.7 Å². The third kappa shape index (κ3) is 7.22. The van der Waals surface area contributed by atoms with Crippen LogP contribution in [0.5, 0.6) is 11.5 Å². The van der Waals surface area contributed by atoms with Crippen molar-refractivity contribution in [3.05, 3.63) is 27.8 Å². The van der Waals surface area contributed by atoms with Gasteiger partial charge >= 0.3 is 16.1 Å². The lowest BCUT2D eigenvalue weighted by atomic mass is 10.1. The first-order valence-electron chi connectivity index (χ1n) is 7.31. The van der Waals surface area contributed by atoms with Crippen molar-refractivity contribution >= 4 is 16.1 Å². The van der Waals surface area contributed by atoms with E-state index in [1.807, 2.05) is 20.8 Å². The highest BCUT2D eigenvalue weighted by molar-refractivity contribution is 7.81. The monoisotopic (exact) mass is 378 g/mol.